The summed E-state index contributed by atoms with van der Waals surface area (Å²) in [6, 6.07) is 6.06. The van der Waals surface area contributed by atoms with E-state index in [-0.39, 0.29) is 18.3 Å². The maximum atomic E-state index is 11.8. The molecule has 1 amide bonds. The molecule has 94 valence electrons. The highest BCUT2D eigenvalue weighted by Crippen LogP contribution is 2.11. The van der Waals surface area contributed by atoms with Gasteiger partial charge in [-0.3, -0.25) is 4.79 Å². The lowest BCUT2D eigenvalue weighted by molar-refractivity contribution is -0.132. The lowest BCUT2D eigenvalue weighted by atomic mass is 10.2. The van der Waals surface area contributed by atoms with Crippen LogP contribution in [0.4, 0.5) is 0 Å². The maximum absolute atomic E-state index is 11.8. The zero-order chi connectivity index (χ0) is 12.8. The molecule has 0 aliphatic heterocycles. The minimum absolute atomic E-state index is 0.167. The topological polar surface area (TPSA) is 75.8 Å². The SMILES string of the molecule is COCC(N)C(=O)N(C)Cc1ccc(O)cc1. The molecule has 0 heterocycles. The number of phenols is 1. The van der Waals surface area contributed by atoms with E-state index >= 15 is 0 Å². The Hall–Kier alpha value is -1.59. The van der Waals surface area contributed by atoms with Crippen molar-refractivity contribution >= 4 is 5.91 Å². The molecule has 1 atom stereocenters. The summed E-state index contributed by atoms with van der Waals surface area (Å²) in [5.74, 6) is 0.0405. The number of hydrogen-bond acceptors (Lipinski definition) is 4. The number of carbonyl (C=O) groups is 1. The Balaban J connectivity index is 2.56. The smallest absolute Gasteiger partial charge is 0.241 e. The van der Waals surface area contributed by atoms with Crippen LogP contribution in [0.15, 0.2) is 24.3 Å². The van der Waals surface area contributed by atoms with E-state index in [2.05, 4.69) is 0 Å². The molecule has 5 nitrogen and oxygen atoms in total. The van der Waals surface area contributed by atoms with Gasteiger partial charge in [0.15, 0.2) is 0 Å². The van der Waals surface area contributed by atoms with Crippen molar-refractivity contribution in [1.29, 1.82) is 0 Å². The lowest BCUT2D eigenvalue weighted by Crippen LogP contribution is -2.44. The van der Waals surface area contributed by atoms with Crippen molar-refractivity contribution in [2.45, 2.75) is 12.6 Å². The van der Waals surface area contributed by atoms with Crippen LogP contribution >= 0.6 is 0 Å². The third kappa shape index (κ3) is 4.05. The van der Waals surface area contributed by atoms with Crippen molar-refractivity contribution in [2.75, 3.05) is 20.8 Å². The summed E-state index contributed by atoms with van der Waals surface area (Å²) >= 11 is 0. The van der Waals surface area contributed by atoms with E-state index in [0.29, 0.717) is 6.54 Å². The average Bonchev–Trinajstić information content (AvgIpc) is 2.31. The van der Waals surface area contributed by atoms with Gasteiger partial charge in [0.1, 0.15) is 11.8 Å². The molecule has 17 heavy (non-hydrogen) atoms. The molecule has 3 N–H and O–H groups in total. The number of ether oxygens (including phenoxy) is 1. The van der Waals surface area contributed by atoms with Gasteiger partial charge >= 0.3 is 0 Å². The Bertz CT molecular complexity index is 365. The molecule has 0 spiro atoms. The molecule has 0 aromatic heterocycles. The molecule has 1 unspecified atom stereocenters. The Morgan fingerprint density at radius 1 is 1.47 bits per heavy atom. The zero-order valence-corrected chi connectivity index (χ0v) is 10.1. The van der Waals surface area contributed by atoms with Crippen LogP contribution in [0.5, 0.6) is 5.75 Å². The standard InChI is InChI=1S/C12H18N2O3/c1-14(12(16)11(13)8-17-2)7-9-3-5-10(15)6-4-9/h3-6,11,15H,7-8,13H2,1-2H3. The van der Waals surface area contributed by atoms with Gasteiger partial charge in [-0.1, -0.05) is 12.1 Å². The van der Waals surface area contributed by atoms with E-state index in [4.69, 9.17) is 15.6 Å². The van der Waals surface area contributed by atoms with Gasteiger partial charge in [-0.05, 0) is 17.7 Å². The Morgan fingerprint density at radius 3 is 2.59 bits per heavy atom. The number of likely N-dealkylation sites (N-methyl/N-ethyl adjacent to an activating group) is 1. The van der Waals surface area contributed by atoms with Gasteiger partial charge < -0.3 is 20.5 Å². The predicted molar refractivity (Wildman–Crippen MR) is 64.4 cm³/mol. The van der Waals surface area contributed by atoms with Crippen LogP contribution in [0.1, 0.15) is 5.56 Å². The van der Waals surface area contributed by atoms with E-state index in [1.807, 2.05) is 0 Å². The van der Waals surface area contributed by atoms with E-state index in [9.17, 15) is 4.79 Å². The van der Waals surface area contributed by atoms with Crippen LogP contribution in [-0.4, -0.2) is 42.7 Å². The molecular weight excluding hydrogens is 220 g/mol. The van der Waals surface area contributed by atoms with E-state index in [0.717, 1.165) is 5.56 Å². The van der Waals surface area contributed by atoms with Crippen molar-refractivity contribution in [1.82, 2.24) is 4.90 Å². The number of aromatic hydroxyl groups is 1. The van der Waals surface area contributed by atoms with Crippen molar-refractivity contribution in [3.63, 3.8) is 0 Å². The van der Waals surface area contributed by atoms with E-state index in [1.165, 1.54) is 12.0 Å². The number of hydrogen-bond donors (Lipinski definition) is 2. The number of amides is 1. The molecule has 5 heteroatoms. The van der Waals surface area contributed by atoms with Crippen LogP contribution in [0.2, 0.25) is 0 Å². The fourth-order valence-electron chi connectivity index (χ4n) is 1.49. The second kappa shape index (κ2) is 6.22. The monoisotopic (exact) mass is 238 g/mol. The van der Waals surface area contributed by atoms with Gasteiger partial charge in [-0.25, -0.2) is 0 Å². The fourth-order valence-corrected chi connectivity index (χ4v) is 1.49. The summed E-state index contributed by atoms with van der Waals surface area (Å²) in [6.07, 6.45) is 0. The fraction of sp³-hybridized carbons (Fsp3) is 0.417. The van der Waals surface area contributed by atoms with Gasteiger partial charge in [-0.2, -0.15) is 0 Å². The Morgan fingerprint density at radius 2 is 2.06 bits per heavy atom. The maximum Gasteiger partial charge on any atom is 0.241 e. The summed E-state index contributed by atoms with van der Waals surface area (Å²) in [5.41, 5.74) is 6.58. The number of nitrogens with zero attached hydrogens (tertiary/aromatic N) is 1. The Kier molecular flexibility index (Phi) is 4.93. The van der Waals surface area contributed by atoms with Crippen molar-refractivity contribution in [3.05, 3.63) is 29.8 Å². The predicted octanol–water partition coefficient (Wildman–Crippen LogP) is 0.324. The van der Waals surface area contributed by atoms with Crippen molar-refractivity contribution < 1.29 is 14.6 Å². The van der Waals surface area contributed by atoms with Crippen LogP contribution in [-0.2, 0) is 16.1 Å². The summed E-state index contributed by atoms with van der Waals surface area (Å²) < 4.78 is 4.84. The molecule has 1 aromatic carbocycles. The van der Waals surface area contributed by atoms with Crippen molar-refractivity contribution in [3.8, 4) is 5.75 Å². The minimum atomic E-state index is -0.637. The number of benzene rings is 1. The number of phenolic OH excluding ortho intramolecular Hbond substituents is 1. The molecule has 0 fully saturated rings. The summed E-state index contributed by atoms with van der Waals surface area (Å²) in [7, 11) is 3.19. The van der Waals surface area contributed by atoms with Gasteiger partial charge in [0.25, 0.3) is 0 Å². The van der Waals surface area contributed by atoms with Crippen LogP contribution in [0.25, 0.3) is 0 Å². The zero-order valence-electron chi connectivity index (χ0n) is 10.1. The second-order valence-electron chi connectivity index (χ2n) is 3.92. The highest BCUT2D eigenvalue weighted by molar-refractivity contribution is 5.81. The Labute approximate surface area is 101 Å². The molecule has 1 aromatic rings. The van der Waals surface area contributed by atoms with Gasteiger partial charge in [-0.15, -0.1) is 0 Å². The van der Waals surface area contributed by atoms with Crippen LogP contribution < -0.4 is 5.73 Å². The molecule has 0 aliphatic rings. The first-order valence-electron chi connectivity index (χ1n) is 5.32. The second-order valence-corrected chi connectivity index (χ2v) is 3.92. The van der Waals surface area contributed by atoms with E-state index < -0.39 is 6.04 Å². The third-order valence-corrected chi connectivity index (χ3v) is 2.40. The minimum Gasteiger partial charge on any atom is -0.508 e. The normalized spacial score (nSPS) is 12.2. The molecular formula is C12H18N2O3. The molecule has 0 saturated carbocycles. The van der Waals surface area contributed by atoms with E-state index in [1.54, 1.807) is 31.3 Å². The highest BCUT2D eigenvalue weighted by atomic mass is 16.5. The quantitative estimate of drug-likeness (QED) is 0.775. The van der Waals surface area contributed by atoms with Crippen LogP contribution in [0.3, 0.4) is 0 Å². The van der Waals surface area contributed by atoms with Gasteiger partial charge in [0, 0.05) is 20.7 Å². The van der Waals surface area contributed by atoms with Crippen molar-refractivity contribution in [2.24, 2.45) is 5.73 Å². The first-order valence-corrected chi connectivity index (χ1v) is 5.32. The number of rotatable bonds is 5. The average molecular weight is 238 g/mol. The van der Waals surface area contributed by atoms with Crippen LogP contribution in [0, 0.1) is 0 Å². The molecule has 0 bridgehead atoms. The molecule has 0 aliphatic carbocycles. The number of nitrogens with two attached hydrogens (primary N) is 1. The summed E-state index contributed by atoms with van der Waals surface area (Å²) in [5, 5.41) is 9.14. The summed E-state index contributed by atoms with van der Waals surface area (Å²) in [4.78, 5) is 13.3. The molecule has 0 saturated heterocycles. The third-order valence-electron chi connectivity index (χ3n) is 2.40. The molecule has 0 radical (unpaired) electrons. The molecule has 1 rings (SSSR count). The first kappa shape index (κ1) is 13.5. The largest absolute Gasteiger partial charge is 0.508 e. The number of methoxy groups -OCH3 is 1. The lowest BCUT2D eigenvalue weighted by Gasteiger charge is -2.21. The van der Waals surface area contributed by atoms with Gasteiger partial charge in [0.05, 0.1) is 6.61 Å². The summed E-state index contributed by atoms with van der Waals surface area (Å²) in [6.45, 7) is 0.662. The van der Waals surface area contributed by atoms with Gasteiger partial charge in [0.2, 0.25) is 5.91 Å². The number of carbonyl (C=O) groups excluding carboxylic acids is 1. The highest BCUT2D eigenvalue weighted by Gasteiger charge is 2.17. The first-order chi connectivity index (χ1) is 8.04.